The molecule has 0 saturated heterocycles. The van der Waals surface area contributed by atoms with Crippen molar-refractivity contribution < 1.29 is 27.7 Å². The second-order valence-corrected chi connectivity index (χ2v) is 8.35. The SMILES string of the molecule is Cc1ccc(OCC(=O)NNC(=O)CCNc2ccc(S(N)(=O)=O)cc2[N+](=O)[O-])cc1C. The molecule has 0 spiro atoms. The Balaban J connectivity index is 1.79. The van der Waals surface area contributed by atoms with Gasteiger partial charge in [0.25, 0.3) is 11.6 Å². The summed E-state index contributed by atoms with van der Waals surface area (Å²) >= 11 is 0. The minimum atomic E-state index is -4.10. The van der Waals surface area contributed by atoms with E-state index in [0.29, 0.717) is 5.75 Å². The molecule has 0 aliphatic rings. The van der Waals surface area contributed by atoms with Crippen molar-refractivity contribution in [3.63, 3.8) is 0 Å². The molecule has 0 radical (unpaired) electrons. The molecule has 0 saturated carbocycles. The van der Waals surface area contributed by atoms with Crippen molar-refractivity contribution in [3.05, 3.63) is 57.6 Å². The van der Waals surface area contributed by atoms with Gasteiger partial charge in [0.2, 0.25) is 15.9 Å². The molecule has 0 heterocycles. The summed E-state index contributed by atoms with van der Waals surface area (Å²) in [6.45, 7) is 3.55. The number of nitro groups is 1. The van der Waals surface area contributed by atoms with Crippen LogP contribution in [0.25, 0.3) is 0 Å². The van der Waals surface area contributed by atoms with Gasteiger partial charge >= 0.3 is 0 Å². The molecule has 5 N–H and O–H groups in total. The Hall–Kier alpha value is -3.71. The summed E-state index contributed by atoms with van der Waals surface area (Å²) in [6, 6.07) is 8.51. The maximum absolute atomic E-state index is 11.9. The molecule has 2 rings (SSSR count). The van der Waals surface area contributed by atoms with Crippen LogP contribution in [0.5, 0.6) is 5.75 Å². The zero-order valence-corrected chi connectivity index (χ0v) is 18.2. The van der Waals surface area contributed by atoms with Crippen molar-refractivity contribution in [1.82, 2.24) is 10.9 Å². The summed E-state index contributed by atoms with van der Waals surface area (Å²) < 4.78 is 28.0. The number of nitrogens with two attached hydrogens (primary N) is 1. The molecule has 0 aliphatic heterocycles. The van der Waals surface area contributed by atoms with Crippen molar-refractivity contribution >= 4 is 33.2 Å². The highest BCUT2D eigenvalue weighted by Crippen LogP contribution is 2.27. The number of carbonyl (C=O) groups is 2. The maximum atomic E-state index is 11.9. The normalized spacial score (nSPS) is 10.8. The maximum Gasteiger partial charge on any atom is 0.293 e. The van der Waals surface area contributed by atoms with Gasteiger partial charge < -0.3 is 10.1 Å². The first-order valence-electron chi connectivity index (χ1n) is 9.30. The molecule has 2 amide bonds. The number of hydrogen-bond donors (Lipinski definition) is 4. The highest BCUT2D eigenvalue weighted by molar-refractivity contribution is 7.89. The number of nitro benzene ring substituents is 1. The average Bonchev–Trinajstić information content (AvgIpc) is 2.72. The van der Waals surface area contributed by atoms with Gasteiger partial charge in [-0.1, -0.05) is 6.07 Å². The van der Waals surface area contributed by atoms with Crippen molar-refractivity contribution in [3.8, 4) is 5.75 Å². The smallest absolute Gasteiger partial charge is 0.293 e. The number of anilines is 1. The van der Waals surface area contributed by atoms with Crippen LogP contribution in [0, 0.1) is 24.0 Å². The van der Waals surface area contributed by atoms with Gasteiger partial charge in [-0.3, -0.25) is 30.6 Å². The molecular formula is C19H23N5O7S. The Labute approximate surface area is 184 Å². The number of benzene rings is 2. The quantitative estimate of drug-likeness (QED) is 0.311. The minimum Gasteiger partial charge on any atom is -0.484 e. The van der Waals surface area contributed by atoms with Gasteiger partial charge in [0.15, 0.2) is 6.61 Å². The average molecular weight is 465 g/mol. The van der Waals surface area contributed by atoms with Gasteiger partial charge in [-0.2, -0.15) is 0 Å². The summed E-state index contributed by atoms with van der Waals surface area (Å²) in [5.41, 5.74) is 6.02. The number of primary sulfonamides is 1. The highest BCUT2D eigenvalue weighted by atomic mass is 32.2. The number of aryl methyl sites for hydroxylation is 2. The molecule has 0 fully saturated rings. The van der Waals surface area contributed by atoms with Crippen LogP contribution in [0.15, 0.2) is 41.3 Å². The Morgan fingerprint density at radius 3 is 2.38 bits per heavy atom. The Kier molecular flexibility index (Phi) is 8.09. The van der Waals surface area contributed by atoms with Crippen molar-refractivity contribution in [2.24, 2.45) is 5.14 Å². The van der Waals surface area contributed by atoms with E-state index in [1.54, 1.807) is 12.1 Å². The van der Waals surface area contributed by atoms with Gasteiger partial charge in [-0.25, -0.2) is 13.6 Å². The molecule has 0 unspecified atom stereocenters. The Morgan fingerprint density at radius 1 is 1.06 bits per heavy atom. The number of carbonyl (C=O) groups excluding carboxylic acids is 2. The molecule has 2 aromatic carbocycles. The van der Waals surface area contributed by atoms with Crippen LogP contribution in [0.2, 0.25) is 0 Å². The third-order valence-electron chi connectivity index (χ3n) is 4.35. The van der Waals surface area contributed by atoms with Crippen LogP contribution in [0.1, 0.15) is 17.5 Å². The van der Waals surface area contributed by atoms with Crippen molar-refractivity contribution in [2.75, 3.05) is 18.5 Å². The van der Waals surface area contributed by atoms with Crippen LogP contribution < -0.4 is 26.0 Å². The third kappa shape index (κ3) is 7.21. The molecule has 0 atom stereocenters. The van der Waals surface area contributed by atoms with Gasteiger partial charge in [-0.05, 0) is 49.2 Å². The lowest BCUT2D eigenvalue weighted by Crippen LogP contribution is -2.44. The zero-order chi connectivity index (χ0) is 23.9. The highest BCUT2D eigenvalue weighted by Gasteiger charge is 2.19. The van der Waals surface area contributed by atoms with Crippen LogP contribution in [0.3, 0.4) is 0 Å². The van der Waals surface area contributed by atoms with Crippen LogP contribution >= 0.6 is 0 Å². The van der Waals surface area contributed by atoms with Crippen molar-refractivity contribution in [1.29, 1.82) is 0 Å². The lowest BCUT2D eigenvalue weighted by Gasteiger charge is -2.11. The van der Waals surface area contributed by atoms with Gasteiger partial charge in [0.1, 0.15) is 11.4 Å². The second kappa shape index (κ2) is 10.5. The van der Waals surface area contributed by atoms with E-state index in [2.05, 4.69) is 16.2 Å². The van der Waals surface area contributed by atoms with Crippen LogP contribution in [-0.4, -0.2) is 38.3 Å². The third-order valence-corrected chi connectivity index (χ3v) is 5.26. The van der Waals surface area contributed by atoms with E-state index in [1.807, 2.05) is 19.9 Å². The molecule has 12 nitrogen and oxygen atoms in total. The number of nitrogens with zero attached hydrogens (tertiary/aromatic N) is 1. The Morgan fingerprint density at radius 2 is 1.75 bits per heavy atom. The molecular weight excluding hydrogens is 442 g/mol. The monoisotopic (exact) mass is 465 g/mol. The summed E-state index contributed by atoms with van der Waals surface area (Å²) in [4.78, 5) is 33.7. The first-order valence-corrected chi connectivity index (χ1v) is 10.8. The van der Waals surface area contributed by atoms with Gasteiger partial charge in [0.05, 0.1) is 9.82 Å². The summed E-state index contributed by atoms with van der Waals surface area (Å²) in [7, 11) is -4.10. The topological polar surface area (TPSA) is 183 Å². The van der Waals surface area contributed by atoms with E-state index in [-0.39, 0.29) is 25.3 Å². The fourth-order valence-electron chi connectivity index (χ4n) is 2.49. The van der Waals surface area contributed by atoms with Crippen LogP contribution in [0.4, 0.5) is 11.4 Å². The molecule has 13 heteroatoms. The van der Waals surface area contributed by atoms with Crippen LogP contribution in [-0.2, 0) is 19.6 Å². The predicted octanol–water partition coefficient (Wildman–Crippen LogP) is 0.887. The van der Waals surface area contributed by atoms with E-state index in [0.717, 1.165) is 23.3 Å². The summed E-state index contributed by atoms with van der Waals surface area (Å²) in [5, 5.41) is 18.8. The van der Waals surface area contributed by atoms with E-state index < -0.39 is 37.3 Å². The standard InChI is InChI=1S/C19H23N5O7S/c1-12-3-4-14(9-13(12)2)31-11-19(26)23-22-18(25)7-8-21-16-6-5-15(32(20,29)30)10-17(16)24(27)28/h3-6,9-10,21H,7-8,11H2,1-2H3,(H,22,25)(H,23,26)(H2,20,29,30). The molecule has 2 aromatic rings. The molecule has 32 heavy (non-hydrogen) atoms. The molecule has 0 aromatic heterocycles. The zero-order valence-electron chi connectivity index (χ0n) is 17.4. The van der Waals surface area contributed by atoms with E-state index in [9.17, 15) is 28.1 Å². The number of rotatable bonds is 9. The number of hydrazine groups is 1. The molecule has 172 valence electrons. The predicted molar refractivity (Wildman–Crippen MR) is 115 cm³/mol. The lowest BCUT2D eigenvalue weighted by atomic mass is 10.1. The number of nitrogens with one attached hydrogen (secondary N) is 3. The minimum absolute atomic E-state index is 0.0148. The molecule has 0 bridgehead atoms. The van der Waals surface area contributed by atoms with Gasteiger partial charge in [0, 0.05) is 19.0 Å². The molecule has 0 aliphatic carbocycles. The first kappa shape index (κ1) is 24.6. The largest absolute Gasteiger partial charge is 0.484 e. The second-order valence-electron chi connectivity index (χ2n) is 6.79. The van der Waals surface area contributed by atoms with E-state index in [4.69, 9.17) is 9.88 Å². The van der Waals surface area contributed by atoms with Crippen molar-refractivity contribution in [2.45, 2.75) is 25.2 Å². The van der Waals surface area contributed by atoms with E-state index in [1.165, 1.54) is 6.07 Å². The fourth-order valence-corrected chi connectivity index (χ4v) is 3.02. The number of amides is 2. The van der Waals surface area contributed by atoms with E-state index >= 15 is 0 Å². The lowest BCUT2D eigenvalue weighted by molar-refractivity contribution is -0.384. The number of hydrogen-bond acceptors (Lipinski definition) is 8. The Bertz CT molecular complexity index is 1130. The number of sulfonamides is 1. The summed E-state index contributed by atoms with van der Waals surface area (Å²) in [5.74, 6) is -0.603. The summed E-state index contributed by atoms with van der Waals surface area (Å²) in [6.07, 6.45) is -0.133. The first-order chi connectivity index (χ1) is 15.0. The van der Waals surface area contributed by atoms with Gasteiger partial charge in [-0.15, -0.1) is 0 Å². The number of ether oxygens (including phenoxy) is 1. The fraction of sp³-hybridized carbons (Fsp3) is 0.263.